The van der Waals surface area contributed by atoms with Crippen molar-refractivity contribution < 1.29 is 4.39 Å². The number of benzene rings is 1. The first-order chi connectivity index (χ1) is 8.40. The minimum absolute atomic E-state index is 0.0450. The van der Waals surface area contributed by atoms with Crippen molar-refractivity contribution in [1.29, 1.82) is 0 Å². The Hall–Kier alpha value is -1.29. The molecule has 0 atom stereocenters. The molecule has 1 aromatic carbocycles. The van der Waals surface area contributed by atoms with Crippen molar-refractivity contribution in [3.63, 3.8) is 0 Å². The Labute approximate surface area is 111 Å². The number of aliphatic imine (C=N–C) groups is 1. The maximum absolute atomic E-state index is 14.5. The fourth-order valence-electron chi connectivity index (χ4n) is 2.08. The molecule has 98 valence electrons. The number of hydrogen-bond donors (Lipinski definition) is 1. The van der Waals surface area contributed by atoms with E-state index in [9.17, 15) is 4.39 Å². The van der Waals surface area contributed by atoms with Crippen molar-refractivity contribution in [3.8, 4) is 0 Å². The van der Waals surface area contributed by atoms with Crippen molar-refractivity contribution in [2.45, 2.75) is 24.6 Å². The maximum Gasteiger partial charge on any atom is 0.191 e. The minimum atomic E-state index is -1.31. The zero-order valence-corrected chi connectivity index (χ0v) is 11.3. The van der Waals surface area contributed by atoms with Crippen LogP contribution < -0.4 is 5.73 Å². The van der Waals surface area contributed by atoms with Crippen molar-refractivity contribution in [2.75, 3.05) is 14.1 Å². The molecule has 0 aromatic heterocycles. The molecule has 1 saturated carbocycles. The quantitative estimate of drug-likeness (QED) is 0.662. The van der Waals surface area contributed by atoms with Gasteiger partial charge >= 0.3 is 0 Å². The molecule has 0 spiro atoms. The molecule has 0 heterocycles. The van der Waals surface area contributed by atoms with E-state index in [0.29, 0.717) is 29.4 Å². The van der Waals surface area contributed by atoms with Crippen LogP contribution in [0.3, 0.4) is 0 Å². The van der Waals surface area contributed by atoms with E-state index < -0.39 is 5.67 Å². The van der Waals surface area contributed by atoms with Gasteiger partial charge in [0.05, 0.1) is 6.04 Å². The summed E-state index contributed by atoms with van der Waals surface area (Å²) in [5.74, 6) is 0.438. The first-order valence-corrected chi connectivity index (χ1v) is 6.24. The standard InChI is InChI=1S/C13H17ClFN3/c1-18(2)12(16)17-11-7-13(15,8-11)9-4-3-5-10(14)6-9/h3-6,11H,7-8H2,1-2H3,(H2,16,17). The third-order valence-corrected chi connectivity index (χ3v) is 3.47. The molecule has 1 aromatic rings. The SMILES string of the molecule is CN(C)C(N)=NC1CC(F)(c2cccc(Cl)c2)C1. The van der Waals surface area contributed by atoms with Gasteiger partial charge in [0, 0.05) is 32.0 Å². The molecule has 2 N–H and O–H groups in total. The number of nitrogens with two attached hydrogens (primary N) is 1. The van der Waals surface area contributed by atoms with Crippen molar-refractivity contribution >= 4 is 17.6 Å². The number of nitrogens with zero attached hydrogens (tertiary/aromatic N) is 2. The first kappa shape index (κ1) is 13.1. The third kappa shape index (κ3) is 2.58. The van der Waals surface area contributed by atoms with Gasteiger partial charge in [0.15, 0.2) is 5.96 Å². The molecular formula is C13H17ClFN3. The van der Waals surface area contributed by atoms with Crippen LogP contribution >= 0.6 is 11.6 Å². The number of hydrogen-bond acceptors (Lipinski definition) is 1. The molecule has 1 fully saturated rings. The molecule has 0 unspecified atom stereocenters. The van der Waals surface area contributed by atoms with Crippen LogP contribution in [0, 0.1) is 0 Å². The summed E-state index contributed by atoms with van der Waals surface area (Å²) in [6.07, 6.45) is 0.726. The Bertz CT molecular complexity index is 467. The van der Waals surface area contributed by atoms with E-state index in [1.807, 2.05) is 14.1 Å². The summed E-state index contributed by atoms with van der Waals surface area (Å²) in [5, 5.41) is 0.560. The zero-order valence-electron chi connectivity index (χ0n) is 10.5. The average Bonchev–Trinajstić information content (AvgIpc) is 2.26. The summed E-state index contributed by atoms with van der Waals surface area (Å²) in [4.78, 5) is 5.99. The molecule has 2 rings (SSSR count). The van der Waals surface area contributed by atoms with Crippen LogP contribution in [0.5, 0.6) is 0 Å². The lowest BCUT2D eigenvalue weighted by Crippen LogP contribution is -2.42. The maximum atomic E-state index is 14.5. The minimum Gasteiger partial charge on any atom is -0.370 e. The number of rotatable bonds is 2. The second-order valence-electron chi connectivity index (χ2n) is 4.92. The van der Waals surface area contributed by atoms with E-state index in [1.165, 1.54) is 0 Å². The summed E-state index contributed by atoms with van der Waals surface area (Å²) < 4.78 is 14.5. The van der Waals surface area contributed by atoms with Crippen molar-refractivity contribution in [1.82, 2.24) is 4.90 Å². The Balaban J connectivity index is 2.05. The molecule has 0 saturated heterocycles. The van der Waals surface area contributed by atoms with Crippen LogP contribution in [0.4, 0.5) is 4.39 Å². The second-order valence-corrected chi connectivity index (χ2v) is 5.36. The predicted octanol–water partition coefficient (Wildman–Crippen LogP) is 2.54. The average molecular weight is 270 g/mol. The van der Waals surface area contributed by atoms with Crippen LogP contribution in [0.15, 0.2) is 29.3 Å². The smallest absolute Gasteiger partial charge is 0.191 e. The van der Waals surface area contributed by atoms with Gasteiger partial charge in [-0.3, -0.25) is 0 Å². The van der Waals surface area contributed by atoms with Gasteiger partial charge in [-0.1, -0.05) is 23.7 Å². The molecular weight excluding hydrogens is 253 g/mol. The molecule has 0 radical (unpaired) electrons. The van der Waals surface area contributed by atoms with Crippen LogP contribution in [-0.4, -0.2) is 31.0 Å². The normalized spacial score (nSPS) is 27.8. The van der Waals surface area contributed by atoms with Gasteiger partial charge in [-0.15, -0.1) is 0 Å². The van der Waals surface area contributed by atoms with Crippen molar-refractivity contribution in [2.24, 2.45) is 10.7 Å². The Kier molecular flexibility index (Phi) is 3.48. The Morgan fingerprint density at radius 3 is 2.72 bits per heavy atom. The molecule has 0 bridgehead atoms. The third-order valence-electron chi connectivity index (χ3n) is 3.23. The van der Waals surface area contributed by atoms with Crippen LogP contribution in [0.25, 0.3) is 0 Å². The highest BCUT2D eigenvalue weighted by Crippen LogP contribution is 2.47. The highest BCUT2D eigenvalue weighted by Gasteiger charge is 2.46. The molecule has 0 aliphatic heterocycles. The highest BCUT2D eigenvalue weighted by atomic mass is 35.5. The number of guanidine groups is 1. The largest absolute Gasteiger partial charge is 0.370 e. The molecule has 0 amide bonds. The van der Waals surface area contributed by atoms with Crippen LogP contribution in [0.2, 0.25) is 5.02 Å². The number of halogens is 2. The summed E-state index contributed by atoms with van der Waals surface area (Å²) >= 11 is 5.87. The van der Waals surface area contributed by atoms with Crippen LogP contribution in [0.1, 0.15) is 18.4 Å². The first-order valence-electron chi connectivity index (χ1n) is 5.86. The highest BCUT2D eigenvalue weighted by molar-refractivity contribution is 6.30. The monoisotopic (exact) mass is 269 g/mol. The molecule has 5 heteroatoms. The lowest BCUT2D eigenvalue weighted by Gasteiger charge is -2.40. The summed E-state index contributed by atoms with van der Waals surface area (Å²) in [6.45, 7) is 0. The zero-order chi connectivity index (χ0) is 13.3. The molecule has 18 heavy (non-hydrogen) atoms. The lowest BCUT2D eigenvalue weighted by atomic mass is 9.73. The topological polar surface area (TPSA) is 41.6 Å². The van der Waals surface area contributed by atoms with Gasteiger partial charge < -0.3 is 10.6 Å². The van der Waals surface area contributed by atoms with Gasteiger partial charge in [-0.25, -0.2) is 9.38 Å². The predicted molar refractivity (Wildman–Crippen MR) is 72.6 cm³/mol. The molecule has 1 aliphatic rings. The van der Waals surface area contributed by atoms with Crippen molar-refractivity contribution in [3.05, 3.63) is 34.9 Å². The molecule has 3 nitrogen and oxygen atoms in total. The van der Waals surface area contributed by atoms with E-state index in [2.05, 4.69) is 4.99 Å². The second kappa shape index (κ2) is 4.76. The van der Waals surface area contributed by atoms with Gasteiger partial charge in [0.25, 0.3) is 0 Å². The van der Waals surface area contributed by atoms with E-state index in [4.69, 9.17) is 17.3 Å². The lowest BCUT2D eigenvalue weighted by molar-refractivity contribution is 0.0411. The fourth-order valence-corrected chi connectivity index (χ4v) is 2.27. The Morgan fingerprint density at radius 2 is 2.17 bits per heavy atom. The summed E-state index contributed by atoms with van der Waals surface area (Å²) in [5.41, 5.74) is 5.03. The van der Waals surface area contributed by atoms with Gasteiger partial charge in [-0.2, -0.15) is 0 Å². The van der Waals surface area contributed by atoms with Gasteiger partial charge in [0.1, 0.15) is 5.67 Å². The summed E-state index contributed by atoms with van der Waals surface area (Å²) in [7, 11) is 3.63. The number of alkyl halides is 1. The molecule has 1 aliphatic carbocycles. The summed E-state index contributed by atoms with van der Waals surface area (Å²) in [6, 6.07) is 6.91. The Morgan fingerprint density at radius 1 is 1.50 bits per heavy atom. The van der Waals surface area contributed by atoms with E-state index in [-0.39, 0.29) is 6.04 Å². The fraction of sp³-hybridized carbons (Fsp3) is 0.462. The van der Waals surface area contributed by atoms with Gasteiger partial charge in [-0.05, 0) is 17.7 Å². The van der Waals surface area contributed by atoms with E-state index in [0.717, 1.165) is 0 Å². The van der Waals surface area contributed by atoms with E-state index in [1.54, 1.807) is 29.2 Å². The van der Waals surface area contributed by atoms with E-state index >= 15 is 0 Å². The van der Waals surface area contributed by atoms with Crippen LogP contribution in [-0.2, 0) is 5.67 Å². The van der Waals surface area contributed by atoms with Gasteiger partial charge in [0.2, 0.25) is 0 Å².